The fourth-order valence-electron chi connectivity index (χ4n) is 1.91. The number of unbranched alkanes of at least 4 members (excludes halogenated alkanes) is 1. The lowest BCUT2D eigenvalue weighted by atomic mass is 10.2. The third kappa shape index (κ3) is 6.62. The first-order valence-electron chi connectivity index (χ1n) is 8.56. The van der Waals surface area contributed by atoms with Crippen LogP contribution in [0.15, 0.2) is 18.2 Å². The summed E-state index contributed by atoms with van der Waals surface area (Å²) >= 11 is 0. The molecule has 0 aromatic heterocycles. The number of nitrogens with one attached hydrogen (secondary N) is 2. The van der Waals surface area contributed by atoms with E-state index in [4.69, 9.17) is 14.2 Å². The van der Waals surface area contributed by atoms with Gasteiger partial charge in [0.2, 0.25) is 0 Å². The van der Waals surface area contributed by atoms with Crippen LogP contribution in [0.2, 0.25) is 0 Å². The molecule has 0 heterocycles. The van der Waals surface area contributed by atoms with E-state index in [1.165, 1.54) is 26.1 Å². The molecule has 1 aromatic carbocycles. The molecule has 0 aliphatic carbocycles. The van der Waals surface area contributed by atoms with Crippen molar-refractivity contribution in [2.75, 3.05) is 20.3 Å². The van der Waals surface area contributed by atoms with Gasteiger partial charge in [0.05, 0.1) is 18.8 Å². The minimum Gasteiger partial charge on any atom is -0.490 e. The van der Waals surface area contributed by atoms with E-state index in [1.807, 2.05) is 12.2 Å². The number of urea groups is 1. The molecule has 2 N–H and O–H groups in total. The molecule has 0 aliphatic rings. The van der Waals surface area contributed by atoms with E-state index in [9.17, 15) is 14.4 Å². The highest BCUT2D eigenvalue weighted by atomic mass is 16.5. The Morgan fingerprint density at radius 1 is 1.12 bits per heavy atom. The zero-order valence-electron chi connectivity index (χ0n) is 15.6. The van der Waals surface area contributed by atoms with Gasteiger partial charge in [-0.2, -0.15) is 0 Å². The van der Waals surface area contributed by atoms with Gasteiger partial charge in [-0.05, 0) is 38.5 Å². The molecule has 1 aromatic rings. The van der Waals surface area contributed by atoms with Gasteiger partial charge in [0.25, 0.3) is 5.91 Å². The first-order chi connectivity index (χ1) is 12.4. The predicted molar refractivity (Wildman–Crippen MR) is 95.5 cm³/mol. The molecule has 0 saturated carbocycles. The summed E-state index contributed by atoms with van der Waals surface area (Å²) in [7, 11) is 1.37. The molecule has 0 radical (unpaired) electrons. The SMILES string of the molecule is CCCCOc1ccc(C(=O)O[C@H](C)C(=O)NC(=O)NC)cc1OCC. The van der Waals surface area contributed by atoms with Crippen LogP contribution < -0.4 is 20.1 Å². The summed E-state index contributed by atoms with van der Waals surface area (Å²) in [6.45, 7) is 6.23. The summed E-state index contributed by atoms with van der Waals surface area (Å²) in [5.41, 5.74) is 0.218. The number of imide groups is 1. The number of ether oxygens (including phenoxy) is 3. The Morgan fingerprint density at radius 2 is 1.85 bits per heavy atom. The maximum Gasteiger partial charge on any atom is 0.339 e. The first-order valence-corrected chi connectivity index (χ1v) is 8.56. The maximum absolute atomic E-state index is 12.2. The Balaban J connectivity index is 2.80. The van der Waals surface area contributed by atoms with E-state index >= 15 is 0 Å². The minimum atomic E-state index is -1.13. The molecule has 8 heteroatoms. The van der Waals surface area contributed by atoms with Crippen LogP contribution in [0.3, 0.4) is 0 Å². The van der Waals surface area contributed by atoms with Crippen molar-refractivity contribution in [3.05, 3.63) is 23.8 Å². The summed E-state index contributed by atoms with van der Waals surface area (Å²) in [5, 5.41) is 4.29. The highest BCUT2D eigenvalue weighted by Crippen LogP contribution is 2.29. The van der Waals surface area contributed by atoms with Crippen LogP contribution in [0, 0.1) is 0 Å². The second-order valence-corrected chi connectivity index (χ2v) is 5.41. The van der Waals surface area contributed by atoms with E-state index < -0.39 is 24.0 Å². The number of hydrogen-bond donors (Lipinski definition) is 2. The van der Waals surface area contributed by atoms with Crippen molar-refractivity contribution in [1.82, 2.24) is 10.6 Å². The van der Waals surface area contributed by atoms with Gasteiger partial charge >= 0.3 is 12.0 Å². The molecule has 144 valence electrons. The zero-order chi connectivity index (χ0) is 19.5. The highest BCUT2D eigenvalue weighted by molar-refractivity contribution is 5.98. The van der Waals surface area contributed by atoms with E-state index in [1.54, 1.807) is 6.07 Å². The summed E-state index contributed by atoms with van der Waals surface area (Å²) < 4.78 is 16.3. The Bertz CT molecular complexity index is 632. The van der Waals surface area contributed by atoms with E-state index in [0.717, 1.165) is 12.8 Å². The van der Waals surface area contributed by atoms with Gasteiger partial charge in [0.15, 0.2) is 17.6 Å². The quantitative estimate of drug-likeness (QED) is 0.513. The molecule has 8 nitrogen and oxygen atoms in total. The lowest BCUT2D eigenvalue weighted by Crippen LogP contribution is -2.43. The number of carbonyl (C=O) groups excluding carboxylic acids is 3. The van der Waals surface area contributed by atoms with Crippen LogP contribution in [0.4, 0.5) is 4.79 Å². The largest absolute Gasteiger partial charge is 0.490 e. The monoisotopic (exact) mass is 366 g/mol. The van der Waals surface area contributed by atoms with Crippen molar-refractivity contribution in [3.8, 4) is 11.5 Å². The van der Waals surface area contributed by atoms with Gasteiger partial charge in [-0.3, -0.25) is 10.1 Å². The van der Waals surface area contributed by atoms with Crippen LogP contribution in [-0.2, 0) is 9.53 Å². The van der Waals surface area contributed by atoms with Crippen molar-refractivity contribution in [2.45, 2.75) is 39.7 Å². The molecule has 0 spiro atoms. The van der Waals surface area contributed by atoms with Gasteiger partial charge in [-0.15, -0.1) is 0 Å². The molecule has 0 saturated heterocycles. The molecule has 3 amide bonds. The Morgan fingerprint density at radius 3 is 2.46 bits per heavy atom. The summed E-state index contributed by atoms with van der Waals surface area (Å²) in [5.74, 6) is -0.448. The van der Waals surface area contributed by atoms with E-state index in [2.05, 4.69) is 12.2 Å². The van der Waals surface area contributed by atoms with Crippen molar-refractivity contribution >= 4 is 17.9 Å². The average molecular weight is 366 g/mol. The van der Waals surface area contributed by atoms with Crippen LogP contribution in [0.25, 0.3) is 0 Å². The standard InChI is InChI=1S/C18H26N2O6/c1-5-7-10-25-14-9-8-13(11-15(14)24-6-2)17(22)26-12(3)16(21)20-18(23)19-4/h8-9,11-12H,5-7,10H2,1-4H3,(H2,19,20,21,23)/t12-/m1/s1. The van der Waals surface area contributed by atoms with Gasteiger partial charge in [-0.25, -0.2) is 9.59 Å². The van der Waals surface area contributed by atoms with E-state index in [-0.39, 0.29) is 5.56 Å². The van der Waals surface area contributed by atoms with Crippen molar-refractivity contribution in [3.63, 3.8) is 0 Å². The number of carbonyl (C=O) groups is 3. The molecular weight excluding hydrogens is 340 g/mol. The van der Waals surface area contributed by atoms with Gasteiger partial charge in [0.1, 0.15) is 0 Å². The lowest BCUT2D eigenvalue weighted by molar-refractivity contribution is -0.127. The van der Waals surface area contributed by atoms with Crippen LogP contribution in [-0.4, -0.2) is 44.3 Å². The van der Waals surface area contributed by atoms with Gasteiger partial charge in [0, 0.05) is 7.05 Å². The lowest BCUT2D eigenvalue weighted by Gasteiger charge is -2.15. The molecule has 0 aliphatic heterocycles. The van der Waals surface area contributed by atoms with Crippen LogP contribution in [0.1, 0.15) is 44.0 Å². The fourth-order valence-corrected chi connectivity index (χ4v) is 1.91. The third-order valence-corrected chi connectivity index (χ3v) is 3.35. The summed E-state index contributed by atoms with van der Waals surface area (Å²) in [6.07, 6.45) is 0.786. The number of amides is 3. The van der Waals surface area contributed by atoms with Crippen molar-refractivity contribution < 1.29 is 28.6 Å². The van der Waals surface area contributed by atoms with Crippen LogP contribution >= 0.6 is 0 Å². The molecule has 1 atom stereocenters. The third-order valence-electron chi connectivity index (χ3n) is 3.35. The smallest absolute Gasteiger partial charge is 0.339 e. The number of esters is 1. The minimum absolute atomic E-state index is 0.218. The molecule has 26 heavy (non-hydrogen) atoms. The van der Waals surface area contributed by atoms with Crippen molar-refractivity contribution in [1.29, 1.82) is 0 Å². The zero-order valence-corrected chi connectivity index (χ0v) is 15.6. The Labute approximate surface area is 153 Å². The summed E-state index contributed by atoms with van der Waals surface area (Å²) in [6, 6.07) is 4.00. The number of rotatable bonds is 9. The molecule has 0 bridgehead atoms. The second-order valence-electron chi connectivity index (χ2n) is 5.41. The predicted octanol–water partition coefficient (Wildman–Crippen LogP) is 2.27. The van der Waals surface area contributed by atoms with Crippen LogP contribution in [0.5, 0.6) is 11.5 Å². The molecule has 0 fully saturated rings. The Kier molecular flexibility index (Phi) is 8.97. The Hall–Kier alpha value is -2.77. The fraction of sp³-hybridized carbons (Fsp3) is 0.500. The average Bonchev–Trinajstić information content (AvgIpc) is 2.62. The highest BCUT2D eigenvalue weighted by Gasteiger charge is 2.21. The first kappa shape index (κ1) is 21.3. The maximum atomic E-state index is 12.2. The van der Waals surface area contributed by atoms with Gasteiger partial charge in [-0.1, -0.05) is 13.3 Å². The summed E-state index contributed by atoms with van der Waals surface area (Å²) in [4.78, 5) is 35.1. The topological polar surface area (TPSA) is 103 Å². The number of benzene rings is 1. The second kappa shape index (κ2) is 11.0. The normalized spacial score (nSPS) is 11.2. The van der Waals surface area contributed by atoms with Gasteiger partial charge < -0.3 is 19.5 Å². The molecule has 0 unspecified atom stereocenters. The number of hydrogen-bond acceptors (Lipinski definition) is 6. The van der Waals surface area contributed by atoms with E-state index in [0.29, 0.717) is 24.7 Å². The molecular formula is C18H26N2O6. The van der Waals surface area contributed by atoms with Crippen molar-refractivity contribution in [2.24, 2.45) is 0 Å². The molecule has 1 rings (SSSR count).